The van der Waals surface area contributed by atoms with E-state index >= 15 is 0 Å². The van der Waals surface area contributed by atoms with Crippen LogP contribution in [0.5, 0.6) is 0 Å². The normalized spacial score (nSPS) is 13.8. The minimum Gasteiger partial charge on any atom is -0.357 e. The molecule has 6 heteroatoms. The number of sulfone groups is 1. The average molecular weight is 354 g/mol. The number of aliphatic imine (C=N–C) groups is 1. The van der Waals surface area contributed by atoms with Crippen LogP contribution in [0.25, 0.3) is 0 Å². The molecular formula is C18H31N3O2S. The van der Waals surface area contributed by atoms with Crippen molar-refractivity contribution in [1.29, 1.82) is 0 Å². The Bertz CT molecular complexity index is 622. The summed E-state index contributed by atoms with van der Waals surface area (Å²) in [5.74, 6) is 1.49. The minimum absolute atomic E-state index is 0.336. The lowest BCUT2D eigenvalue weighted by molar-refractivity contribution is 0.489. The summed E-state index contributed by atoms with van der Waals surface area (Å²) in [4.78, 5) is 4.92. The zero-order valence-electron chi connectivity index (χ0n) is 15.5. The van der Waals surface area contributed by atoms with E-state index in [4.69, 9.17) is 0 Å². The standard InChI is InChI=1S/C18H31N3O2S/c1-6-19-18(21-15(4)8-7-14(2)3)20-13-16-9-11-17(12-10-16)24(5,22)23/h9-12,14-15H,6-8,13H2,1-5H3,(H2,19,20,21). The first-order chi connectivity index (χ1) is 11.2. The predicted molar refractivity (Wildman–Crippen MR) is 101 cm³/mol. The zero-order chi connectivity index (χ0) is 18.2. The Morgan fingerprint density at radius 2 is 1.75 bits per heavy atom. The summed E-state index contributed by atoms with van der Waals surface area (Å²) >= 11 is 0. The molecule has 1 unspecified atom stereocenters. The summed E-state index contributed by atoms with van der Waals surface area (Å²) in [7, 11) is -3.15. The van der Waals surface area contributed by atoms with Crippen LogP contribution in [-0.2, 0) is 16.4 Å². The van der Waals surface area contributed by atoms with Gasteiger partial charge in [0.05, 0.1) is 11.4 Å². The van der Waals surface area contributed by atoms with Crippen molar-refractivity contribution in [1.82, 2.24) is 10.6 Å². The van der Waals surface area contributed by atoms with Crippen molar-refractivity contribution in [3.8, 4) is 0 Å². The second-order valence-corrected chi connectivity index (χ2v) is 8.64. The van der Waals surface area contributed by atoms with Crippen molar-refractivity contribution in [2.75, 3.05) is 12.8 Å². The molecule has 1 aromatic carbocycles. The van der Waals surface area contributed by atoms with E-state index in [1.807, 2.05) is 19.1 Å². The number of hydrogen-bond acceptors (Lipinski definition) is 3. The van der Waals surface area contributed by atoms with Crippen LogP contribution < -0.4 is 10.6 Å². The van der Waals surface area contributed by atoms with Gasteiger partial charge in [-0.3, -0.25) is 0 Å². The third-order valence-corrected chi connectivity index (χ3v) is 4.80. The first-order valence-corrected chi connectivity index (χ1v) is 10.4. The quantitative estimate of drug-likeness (QED) is 0.557. The molecule has 24 heavy (non-hydrogen) atoms. The maximum absolute atomic E-state index is 11.5. The SMILES string of the molecule is CCNC(=NCc1ccc(S(C)(=O)=O)cc1)NC(C)CCC(C)C. The molecule has 0 spiro atoms. The minimum atomic E-state index is -3.15. The highest BCUT2D eigenvalue weighted by Gasteiger charge is 2.08. The van der Waals surface area contributed by atoms with E-state index in [0.29, 0.717) is 23.4 Å². The number of benzene rings is 1. The molecule has 1 atom stereocenters. The van der Waals surface area contributed by atoms with E-state index < -0.39 is 9.84 Å². The summed E-state index contributed by atoms with van der Waals surface area (Å²) in [5.41, 5.74) is 0.981. The second-order valence-electron chi connectivity index (χ2n) is 6.63. The van der Waals surface area contributed by atoms with Gasteiger partial charge < -0.3 is 10.6 Å². The largest absolute Gasteiger partial charge is 0.357 e. The van der Waals surface area contributed by atoms with E-state index in [-0.39, 0.29) is 0 Å². The molecular weight excluding hydrogens is 322 g/mol. The summed E-state index contributed by atoms with van der Waals surface area (Å²) in [6.07, 6.45) is 3.50. The Kier molecular flexibility index (Phi) is 8.25. The number of rotatable bonds is 8. The molecule has 1 rings (SSSR count). The van der Waals surface area contributed by atoms with Crippen molar-refractivity contribution in [3.63, 3.8) is 0 Å². The van der Waals surface area contributed by atoms with Crippen LogP contribution in [0.3, 0.4) is 0 Å². The molecule has 0 aliphatic carbocycles. The van der Waals surface area contributed by atoms with E-state index in [0.717, 1.165) is 24.5 Å². The van der Waals surface area contributed by atoms with Gasteiger partial charge in [0.2, 0.25) is 0 Å². The monoisotopic (exact) mass is 353 g/mol. The highest BCUT2D eigenvalue weighted by atomic mass is 32.2. The Labute approximate surface area is 146 Å². The number of nitrogens with one attached hydrogen (secondary N) is 2. The predicted octanol–water partition coefficient (Wildman–Crippen LogP) is 2.97. The van der Waals surface area contributed by atoms with Gasteiger partial charge in [-0.05, 0) is 50.3 Å². The van der Waals surface area contributed by atoms with E-state index in [9.17, 15) is 8.42 Å². The van der Waals surface area contributed by atoms with E-state index in [1.54, 1.807) is 12.1 Å². The van der Waals surface area contributed by atoms with Gasteiger partial charge in [-0.1, -0.05) is 26.0 Å². The molecule has 0 aliphatic rings. The van der Waals surface area contributed by atoms with Crippen molar-refractivity contribution < 1.29 is 8.42 Å². The van der Waals surface area contributed by atoms with Crippen molar-refractivity contribution >= 4 is 15.8 Å². The topological polar surface area (TPSA) is 70.6 Å². The van der Waals surface area contributed by atoms with Gasteiger partial charge >= 0.3 is 0 Å². The molecule has 0 saturated heterocycles. The van der Waals surface area contributed by atoms with Crippen LogP contribution >= 0.6 is 0 Å². The van der Waals surface area contributed by atoms with Gasteiger partial charge in [-0.15, -0.1) is 0 Å². The van der Waals surface area contributed by atoms with Crippen LogP contribution in [0.2, 0.25) is 0 Å². The molecule has 0 amide bonds. The molecule has 1 aromatic rings. The number of guanidine groups is 1. The molecule has 0 bridgehead atoms. The van der Waals surface area contributed by atoms with E-state index in [1.165, 1.54) is 12.7 Å². The fourth-order valence-electron chi connectivity index (χ4n) is 2.22. The fourth-order valence-corrected chi connectivity index (χ4v) is 2.85. The van der Waals surface area contributed by atoms with E-state index in [2.05, 4.69) is 36.4 Å². The lowest BCUT2D eigenvalue weighted by Crippen LogP contribution is -2.42. The van der Waals surface area contributed by atoms with Gasteiger partial charge in [-0.2, -0.15) is 0 Å². The van der Waals surface area contributed by atoms with Crippen LogP contribution in [0.15, 0.2) is 34.2 Å². The van der Waals surface area contributed by atoms with Gasteiger partial charge in [0, 0.05) is 18.8 Å². The highest BCUT2D eigenvalue weighted by molar-refractivity contribution is 7.90. The van der Waals surface area contributed by atoms with Crippen LogP contribution in [-0.4, -0.2) is 33.2 Å². The fraction of sp³-hybridized carbons (Fsp3) is 0.611. The lowest BCUT2D eigenvalue weighted by Gasteiger charge is -2.18. The first kappa shape index (κ1) is 20.5. The van der Waals surface area contributed by atoms with Crippen molar-refractivity contribution in [3.05, 3.63) is 29.8 Å². The van der Waals surface area contributed by atoms with Crippen LogP contribution in [0.4, 0.5) is 0 Å². The molecule has 2 N–H and O–H groups in total. The molecule has 0 radical (unpaired) electrons. The molecule has 0 aromatic heterocycles. The summed E-state index contributed by atoms with van der Waals surface area (Å²) < 4.78 is 23.0. The Morgan fingerprint density at radius 3 is 2.25 bits per heavy atom. The van der Waals surface area contributed by atoms with Crippen LogP contribution in [0, 0.1) is 5.92 Å². The summed E-state index contributed by atoms with van der Waals surface area (Å²) in [5, 5.41) is 6.67. The average Bonchev–Trinajstić information content (AvgIpc) is 2.50. The number of nitrogens with zero attached hydrogens (tertiary/aromatic N) is 1. The Morgan fingerprint density at radius 1 is 1.12 bits per heavy atom. The zero-order valence-corrected chi connectivity index (χ0v) is 16.3. The third kappa shape index (κ3) is 7.81. The second kappa shape index (κ2) is 9.67. The maximum Gasteiger partial charge on any atom is 0.191 e. The smallest absolute Gasteiger partial charge is 0.191 e. The molecule has 0 saturated carbocycles. The lowest BCUT2D eigenvalue weighted by atomic mass is 10.0. The third-order valence-electron chi connectivity index (χ3n) is 3.68. The van der Waals surface area contributed by atoms with Crippen molar-refractivity contribution in [2.45, 2.75) is 58.0 Å². The van der Waals surface area contributed by atoms with Crippen molar-refractivity contribution in [2.24, 2.45) is 10.9 Å². The maximum atomic E-state index is 11.5. The van der Waals surface area contributed by atoms with Crippen LogP contribution in [0.1, 0.15) is 46.1 Å². The van der Waals surface area contributed by atoms with Gasteiger partial charge in [0.25, 0.3) is 0 Å². The molecule has 0 fully saturated rings. The van der Waals surface area contributed by atoms with Gasteiger partial charge in [0.15, 0.2) is 15.8 Å². The molecule has 5 nitrogen and oxygen atoms in total. The van der Waals surface area contributed by atoms with Gasteiger partial charge in [0.1, 0.15) is 0 Å². The summed E-state index contributed by atoms with van der Waals surface area (Å²) in [6.45, 7) is 9.97. The highest BCUT2D eigenvalue weighted by Crippen LogP contribution is 2.11. The Hall–Kier alpha value is -1.56. The first-order valence-electron chi connectivity index (χ1n) is 8.56. The Balaban J connectivity index is 2.68. The number of hydrogen-bond donors (Lipinski definition) is 2. The molecule has 0 heterocycles. The van der Waals surface area contributed by atoms with Gasteiger partial charge in [-0.25, -0.2) is 13.4 Å². The molecule has 0 aliphatic heterocycles. The summed E-state index contributed by atoms with van der Waals surface area (Å²) in [6, 6.07) is 7.24. The molecule has 136 valence electrons.